The molecule has 0 aliphatic rings. The molecule has 1 N–H and O–H groups in total. The van der Waals surface area contributed by atoms with Gasteiger partial charge in [0.25, 0.3) is 5.56 Å². The van der Waals surface area contributed by atoms with Crippen LogP contribution >= 0.6 is 0 Å². The van der Waals surface area contributed by atoms with E-state index in [-0.39, 0.29) is 30.5 Å². The van der Waals surface area contributed by atoms with Crippen LogP contribution in [0.4, 0.5) is 0 Å². The summed E-state index contributed by atoms with van der Waals surface area (Å²) in [4.78, 5) is 24.9. The molecular weight excluding hydrogens is 384 g/mol. The third-order valence-corrected chi connectivity index (χ3v) is 4.71. The predicted octanol–water partition coefficient (Wildman–Crippen LogP) is 2.86. The normalized spacial score (nSPS) is 11.8. The van der Waals surface area contributed by atoms with Crippen molar-refractivity contribution in [2.75, 3.05) is 13.7 Å². The predicted molar refractivity (Wildman–Crippen MR) is 114 cm³/mol. The first-order valence-corrected chi connectivity index (χ1v) is 9.96. The maximum atomic E-state index is 12.5. The lowest BCUT2D eigenvalue weighted by molar-refractivity contribution is -0.122. The fraction of sp³-hybridized carbons (Fsp3) is 0.364. The van der Waals surface area contributed by atoms with E-state index in [2.05, 4.69) is 15.6 Å². The number of nitrogens with zero attached hydrogens (tertiary/aromatic N) is 3. The summed E-state index contributed by atoms with van der Waals surface area (Å²) >= 11 is 0. The molecule has 0 spiro atoms. The number of methoxy groups -OCH3 is 1. The van der Waals surface area contributed by atoms with Crippen molar-refractivity contribution in [3.05, 3.63) is 58.4 Å². The van der Waals surface area contributed by atoms with Crippen LogP contribution < -0.4 is 20.3 Å². The third kappa shape index (κ3) is 4.94. The molecule has 0 aliphatic heterocycles. The largest absolute Gasteiger partial charge is 0.493 e. The molecule has 8 nitrogen and oxygen atoms in total. The number of ether oxygens (including phenoxy) is 2. The fourth-order valence-electron chi connectivity index (χ4n) is 3.06. The fourth-order valence-corrected chi connectivity index (χ4v) is 3.06. The van der Waals surface area contributed by atoms with E-state index in [4.69, 9.17) is 9.47 Å². The van der Waals surface area contributed by atoms with Crippen LogP contribution in [-0.4, -0.2) is 34.6 Å². The summed E-state index contributed by atoms with van der Waals surface area (Å²) < 4.78 is 12.3. The van der Waals surface area contributed by atoms with Gasteiger partial charge in [-0.05, 0) is 43.2 Å². The van der Waals surface area contributed by atoms with Crippen molar-refractivity contribution in [3.63, 3.8) is 0 Å². The summed E-state index contributed by atoms with van der Waals surface area (Å²) in [5.74, 6) is 1.12. The molecule has 2 aromatic carbocycles. The zero-order chi connectivity index (χ0) is 21.5. The topological polar surface area (TPSA) is 95.3 Å². The molecule has 3 aromatic rings. The molecule has 0 radical (unpaired) electrons. The second-order valence-corrected chi connectivity index (χ2v) is 6.93. The second-order valence-electron chi connectivity index (χ2n) is 6.93. The number of nitrogens with one attached hydrogen (secondary N) is 1. The van der Waals surface area contributed by atoms with E-state index < -0.39 is 0 Å². The Morgan fingerprint density at radius 1 is 1.20 bits per heavy atom. The van der Waals surface area contributed by atoms with Crippen molar-refractivity contribution in [3.8, 4) is 11.5 Å². The standard InChI is InChI=1S/C22H26N4O4/c1-4-13-30-19-10-9-16(14-20(19)29-3)15(2)23-21(27)11-12-26-22(28)17-7-5-6-8-18(17)24-25-26/h5-10,14-15H,4,11-13H2,1-3H3,(H,23,27). The van der Waals surface area contributed by atoms with Crippen LogP contribution in [0.15, 0.2) is 47.3 Å². The summed E-state index contributed by atoms with van der Waals surface area (Å²) in [6.45, 7) is 4.69. The smallest absolute Gasteiger partial charge is 0.277 e. The number of aromatic nitrogens is 3. The molecule has 1 aromatic heterocycles. The summed E-state index contributed by atoms with van der Waals surface area (Å²) in [5, 5.41) is 11.4. The Kier molecular flexibility index (Phi) is 7.00. The number of hydrogen-bond donors (Lipinski definition) is 1. The van der Waals surface area contributed by atoms with Crippen molar-refractivity contribution in [2.24, 2.45) is 0 Å². The van der Waals surface area contributed by atoms with E-state index in [1.807, 2.05) is 32.0 Å². The summed E-state index contributed by atoms with van der Waals surface area (Å²) in [6.07, 6.45) is 1.02. The Balaban J connectivity index is 1.62. The Morgan fingerprint density at radius 2 is 2.00 bits per heavy atom. The SMILES string of the molecule is CCCOc1ccc(C(C)NC(=O)CCn2nnc3ccccc3c2=O)cc1OC. The van der Waals surface area contributed by atoms with E-state index in [0.29, 0.717) is 29.0 Å². The highest BCUT2D eigenvalue weighted by atomic mass is 16.5. The lowest BCUT2D eigenvalue weighted by Crippen LogP contribution is -2.30. The van der Waals surface area contributed by atoms with Crippen LogP contribution in [0.1, 0.15) is 38.3 Å². The Bertz CT molecular complexity index is 1080. The van der Waals surface area contributed by atoms with Crippen LogP contribution in [0.3, 0.4) is 0 Å². The minimum Gasteiger partial charge on any atom is -0.493 e. The van der Waals surface area contributed by atoms with Gasteiger partial charge in [-0.2, -0.15) is 0 Å². The summed E-state index contributed by atoms with van der Waals surface area (Å²) in [5.41, 5.74) is 1.18. The number of aryl methyl sites for hydroxylation is 1. The number of carbonyl (C=O) groups is 1. The first-order valence-electron chi connectivity index (χ1n) is 9.96. The van der Waals surface area contributed by atoms with Gasteiger partial charge in [-0.15, -0.1) is 5.10 Å². The monoisotopic (exact) mass is 410 g/mol. The molecule has 0 bridgehead atoms. The van der Waals surface area contributed by atoms with Gasteiger partial charge in [0.15, 0.2) is 11.5 Å². The van der Waals surface area contributed by atoms with Crippen LogP contribution in [0.5, 0.6) is 11.5 Å². The molecule has 8 heteroatoms. The zero-order valence-corrected chi connectivity index (χ0v) is 17.4. The number of fused-ring (bicyclic) bond motifs is 1. The van der Waals surface area contributed by atoms with E-state index in [1.54, 1.807) is 31.4 Å². The maximum Gasteiger partial charge on any atom is 0.277 e. The van der Waals surface area contributed by atoms with Gasteiger partial charge >= 0.3 is 0 Å². The molecule has 1 atom stereocenters. The van der Waals surface area contributed by atoms with E-state index in [9.17, 15) is 9.59 Å². The molecule has 1 heterocycles. The molecule has 0 aliphatic carbocycles. The van der Waals surface area contributed by atoms with Crippen molar-refractivity contribution in [2.45, 2.75) is 39.3 Å². The van der Waals surface area contributed by atoms with Crippen LogP contribution in [0, 0.1) is 0 Å². The maximum absolute atomic E-state index is 12.5. The minimum atomic E-state index is -0.256. The minimum absolute atomic E-state index is 0.117. The molecule has 0 fully saturated rings. The molecule has 1 amide bonds. The van der Waals surface area contributed by atoms with Gasteiger partial charge in [0, 0.05) is 6.42 Å². The molecule has 158 valence electrons. The first-order chi connectivity index (χ1) is 14.5. The highest BCUT2D eigenvalue weighted by Gasteiger charge is 2.14. The summed E-state index contributed by atoms with van der Waals surface area (Å²) in [7, 11) is 1.59. The van der Waals surface area contributed by atoms with Crippen LogP contribution in [-0.2, 0) is 11.3 Å². The van der Waals surface area contributed by atoms with Gasteiger partial charge in [-0.3, -0.25) is 9.59 Å². The quantitative estimate of drug-likeness (QED) is 0.583. The second kappa shape index (κ2) is 9.87. The van der Waals surface area contributed by atoms with Gasteiger partial charge in [0.1, 0.15) is 5.52 Å². The number of amides is 1. The number of benzene rings is 2. The lowest BCUT2D eigenvalue weighted by atomic mass is 10.1. The van der Waals surface area contributed by atoms with Gasteiger partial charge in [0.05, 0.1) is 31.7 Å². The van der Waals surface area contributed by atoms with E-state index >= 15 is 0 Å². The highest BCUT2D eigenvalue weighted by Crippen LogP contribution is 2.30. The molecule has 30 heavy (non-hydrogen) atoms. The average Bonchev–Trinajstić information content (AvgIpc) is 2.77. The van der Waals surface area contributed by atoms with Crippen molar-refractivity contribution in [1.29, 1.82) is 0 Å². The van der Waals surface area contributed by atoms with Gasteiger partial charge in [-0.25, -0.2) is 4.68 Å². The molecular formula is C22H26N4O4. The van der Waals surface area contributed by atoms with Crippen LogP contribution in [0.25, 0.3) is 10.9 Å². The lowest BCUT2D eigenvalue weighted by Gasteiger charge is -2.17. The van der Waals surface area contributed by atoms with Crippen LogP contribution in [0.2, 0.25) is 0 Å². The number of hydrogen-bond acceptors (Lipinski definition) is 6. The van der Waals surface area contributed by atoms with Crippen molar-refractivity contribution < 1.29 is 14.3 Å². The van der Waals surface area contributed by atoms with Crippen molar-refractivity contribution in [1.82, 2.24) is 20.3 Å². The Morgan fingerprint density at radius 3 is 2.77 bits per heavy atom. The molecule has 1 unspecified atom stereocenters. The van der Waals surface area contributed by atoms with E-state index in [1.165, 1.54) is 4.68 Å². The van der Waals surface area contributed by atoms with Gasteiger partial charge < -0.3 is 14.8 Å². The molecule has 0 saturated carbocycles. The molecule has 0 saturated heterocycles. The average molecular weight is 410 g/mol. The number of carbonyl (C=O) groups excluding carboxylic acids is 1. The van der Waals surface area contributed by atoms with Gasteiger partial charge in [0.2, 0.25) is 5.91 Å². The van der Waals surface area contributed by atoms with Gasteiger partial charge in [-0.1, -0.05) is 30.3 Å². The Hall–Kier alpha value is -3.42. The first kappa shape index (κ1) is 21.3. The molecule has 3 rings (SSSR count). The third-order valence-electron chi connectivity index (χ3n) is 4.71. The summed E-state index contributed by atoms with van der Waals surface area (Å²) in [6, 6.07) is 12.4. The zero-order valence-electron chi connectivity index (χ0n) is 17.4. The number of rotatable bonds is 9. The van der Waals surface area contributed by atoms with E-state index in [0.717, 1.165) is 12.0 Å². The van der Waals surface area contributed by atoms with Crippen molar-refractivity contribution >= 4 is 16.8 Å². The Labute approximate surface area is 174 Å². The highest BCUT2D eigenvalue weighted by molar-refractivity contribution is 5.77.